The number of hydrogen-bond acceptors (Lipinski definition) is 6. The van der Waals surface area contributed by atoms with Crippen LogP contribution in [0, 0.1) is 10.1 Å². The maximum Gasteiger partial charge on any atom is 0.277 e. The van der Waals surface area contributed by atoms with Crippen molar-refractivity contribution >= 4 is 5.69 Å². The second kappa shape index (κ2) is 7.42. The molecule has 0 spiro atoms. The van der Waals surface area contributed by atoms with Crippen molar-refractivity contribution in [2.45, 2.75) is 31.8 Å². The van der Waals surface area contributed by atoms with Crippen LogP contribution in [0.2, 0.25) is 0 Å². The molecule has 122 valence electrons. The van der Waals surface area contributed by atoms with Crippen molar-refractivity contribution < 1.29 is 19.5 Å². The monoisotopic (exact) mass is 310 g/mol. The van der Waals surface area contributed by atoms with E-state index >= 15 is 0 Å². The minimum atomic E-state index is -0.408. The van der Waals surface area contributed by atoms with Crippen LogP contribution < -0.4 is 9.47 Å². The van der Waals surface area contributed by atoms with E-state index in [1.165, 1.54) is 20.3 Å². The van der Waals surface area contributed by atoms with E-state index in [-0.39, 0.29) is 18.3 Å². The van der Waals surface area contributed by atoms with Crippen molar-refractivity contribution in [1.82, 2.24) is 4.90 Å². The van der Waals surface area contributed by atoms with Gasteiger partial charge in [-0.1, -0.05) is 6.42 Å². The molecule has 2 rings (SSSR count). The topological polar surface area (TPSA) is 85.1 Å². The summed E-state index contributed by atoms with van der Waals surface area (Å²) in [5.74, 6) is 0.816. The molecule has 1 aliphatic rings. The molecule has 1 aromatic carbocycles. The summed E-state index contributed by atoms with van der Waals surface area (Å²) in [6, 6.07) is 3.10. The molecule has 1 saturated heterocycles. The Balaban J connectivity index is 2.33. The molecule has 7 heteroatoms. The van der Waals surface area contributed by atoms with Crippen LogP contribution in [0.25, 0.3) is 0 Å². The van der Waals surface area contributed by atoms with E-state index in [2.05, 4.69) is 4.90 Å². The van der Waals surface area contributed by atoms with Crippen molar-refractivity contribution in [1.29, 1.82) is 0 Å². The summed E-state index contributed by atoms with van der Waals surface area (Å²) < 4.78 is 10.4. The van der Waals surface area contributed by atoms with Crippen LogP contribution in [-0.4, -0.2) is 48.3 Å². The fourth-order valence-electron chi connectivity index (χ4n) is 2.90. The van der Waals surface area contributed by atoms with Gasteiger partial charge in [0.2, 0.25) is 0 Å². The molecule has 1 atom stereocenters. The average molecular weight is 310 g/mol. The van der Waals surface area contributed by atoms with Gasteiger partial charge in [0.25, 0.3) is 5.69 Å². The molecule has 22 heavy (non-hydrogen) atoms. The Bertz CT molecular complexity index is 535. The number of aliphatic hydroxyl groups is 1. The van der Waals surface area contributed by atoms with E-state index in [1.54, 1.807) is 6.07 Å². The number of benzene rings is 1. The first-order chi connectivity index (χ1) is 10.6. The number of nitro groups is 1. The number of rotatable bonds is 6. The van der Waals surface area contributed by atoms with Gasteiger partial charge in [-0.05, 0) is 25.5 Å². The lowest BCUT2D eigenvalue weighted by Crippen LogP contribution is -2.41. The Morgan fingerprint density at radius 1 is 1.32 bits per heavy atom. The summed E-state index contributed by atoms with van der Waals surface area (Å²) >= 11 is 0. The second-order valence-electron chi connectivity index (χ2n) is 5.40. The van der Waals surface area contributed by atoms with Gasteiger partial charge in [0.15, 0.2) is 11.5 Å². The van der Waals surface area contributed by atoms with E-state index in [0.717, 1.165) is 25.8 Å². The highest BCUT2D eigenvalue weighted by atomic mass is 16.6. The quantitative estimate of drug-likeness (QED) is 0.638. The van der Waals surface area contributed by atoms with Gasteiger partial charge in [0.05, 0.1) is 31.8 Å². The average Bonchev–Trinajstić information content (AvgIpc) is 2.54. The fraction of sp³-hybridized carbons (Fsp3) is 0.600. The third kappa shape index (κ3) is 3.48. The molecule has 0 amide bonds. The lowest BCUT2D eigenvalue weighted by atomic mass is 10.0. The van der Waals surface area contributed by atoms with E-state index in [9.17, 15) is 15.2 Å². The summed E-state index contributed by atoms with van der Waals surface area (Å²) in [6.07, 6.45) is 3.03. The third-order valence-electron chi connectivity index (χ3n) is 4.11. The number of hydrogen-bond donors (Lipinski definition) is 1. The zero-order valence-electron chi connectivity index (χ0n) is 12.9. The molecule has 1 aliphatic heterocycles. The number of methoxy groups -OCH3 is 2. The molecule has 0 saturated carbocycles. The third-order valence-corrected chi connectivity index (χ3v) is 4.11. The molecular formula is C15H22N2O5. The second-order valence-corrected chi connectivity index (χ2v) is 5.40. The Labute approximate surface area is 129 Å². The highest BCUT2D eigenvalue weighted by Gasteiger charge is 2.26. The maximum absolute atomic E-state index is 11.3. The number of aliphatic hydroxyl groups excluding tert-OH is 1. The van der Waals surface area contributed by atoms with Crippen LogP contribution in [-0.2, 0) is 6.54 Å². The standard InChI is InChI=1S/C15H22N2O5/c1-21-14-7-11(13(17(19)20)8-15(14)22-2)9-16-6-4-3-5-12(16)10-18/h7-8,12,18H,3-6,9-10H2,1-2H3/t12-/m1/s1. The van der Waals surface area contributed by atoms with Gasteiger partial charge < -0.3 is 14.6 Å². The Morgan fingerprint density at radius 3 is 2.59 bits per heavy atom. The number of nitro benzene ring substituents is 1. The van der Waals surface area contributed by atoms with Gasteiger partial charge in [0, 0.05) is 18.2 Å². The smallest absolute Gasteiger partial charge is 0.277 e. The SMILES string of the molecule is COc1cc(CN2CCCC[C@@H]2CO)c([N+](=O)[O-])cc1OC. The minimum absolute atomic E-state index is 0.0138. The molecular weight excluding hydrogens is 288 g/mol. The van der Waals surface area contributed by atoms with Crippen molar-refractivity contribution in [3.63, 3.8) is 0 Å². The molecule has 1 fully saturated rings. The predicted octanol–water partition coefficient (Wildman–Crippen LogP) is 1.96. The molecule has 7 nitrogen and oxygen atoms in total. The van der Waals surface area contributed by atoms with Gasteiger partial charge in [-0.15, -0.1) is 0 Å². The molecule has 1 heterocycles. The van der Waals surface area contributed by atoms with E-state index in [1.807, 2.05) is 0 Å². The molecule has 0 unspecified atom stereocenters. The van der Waals surface area contributed by atoms with Crippen LogP contribution in [0.4, 0.5) is 5.69 Å². The summed E-state index contributed by atoms with van der Waals surface area (Å²) in [7, 11) is 2.96. The van der Waals surface area contributed by atoms with E-state index < -0.39 is 4.92 Å². The minimum Gasteiger partial charge on any atom is -0.493 e. The summed E-state index contributed by atoms with van der Waals surface area (Å²) in [4.78, 5) is 13.0. The normalized spacial score (nSPS) is 19.0. The summed E-state index contributed by atoms with van der Waals surface area (Å²) in [6.45, 7) is 1.32. The summed E-state index contributed by atoms with van der Waals surface area (Å²) in [5.41, 5.74) is 0.586. The van der Waals surface area contributed by atoms with E-state index in [0.29, 0.717) is 23.6 Å². The van der Waals surface area contributed by atoms with Gasteiger partial charge >= 0.3 is 0 Å². The Kier molecular flexibility index (Phi) is 5.57. The largest absolute Gasteiger partial charge is 0.493 e. The fourth-order valence-corrected chi connectivity index (χ4v) is 2.90. The van der Waals surface area contributed by atoms with Crippen molar-refractivity contribution in [3.8, 4) is 11.5 Å². The van der Waals surface area contributed by atoms with Gasteiger partial charge in [0.1, 0.15) is 0 Å². The predicted molar refractivity (Wildman–Crippen MR) is 81.3 cm³/mol. The van der Waals surface area contributed by atoms with Crippen LogP contribution in [0.15, 0.2) is 12.1 Å². The number of likely N-dealkylation sites (tertiary alicyclic amines) is 1. The molecule has 1 aromatic rings. The van der Waals surface area contributed by atoms with Crippen LogP contribution >= 0.6 is 0 Å². The van der Waals surface area contributed by atoms with Gasteiger partial charge in [-0.3, -0.25) is 15.0 Å². The first-order valence-corrected chi connectivity index (χ1v) is 7.35. The van der Waals surface area contributed by atoms with Crippen molar-refractivity contribution in [2.75, 3.05) is 27.4 Å². The van der Waals surface area contributed by atoms with Crippen LogP contribution in [0.3, 0.4) is 0 Å². The van der Waals surface area contributed by atoms with E-state index in [4.69, 9.17) is 9.47 Å². The molecule has 0 aromatic heterocycles. The Morgan fingerprint density at radius 2 is 2.00 bits per heavy atom. The number of nitrogens with zero attached hydrogens (tertiary/aromatic N) is 2. The van der Waals surface area contributed by atoms with Crippen molar-refractivity contribution in [3.05, 3.63) is 27.8 Å². The summed E-state index contributed by atoms with van der Waals surface area (Å²) in [5, 5.41) is 20.8. The van der Waals surface area contributed by atoms with Crippen LogP contribution in [0.5, 0.6) is 11.5 Å². The maximum atomic E-state index is 11.3. The zero-order chi connectivity index (χ0) is 16.1. The van der Waals surface area contributed by atoms with Gasteiger partial charge in [-0.25, -0.2) is 0 Å². The first-order valence-electron chi connectivity index (χ1n) is 7.35. The molecule has 0 bridgehead atoms. The highest BCUT2D eigenvalue weighted by Crippen LogP contribution is 2.35. The molecule has 0 radical (unpaired) electrons. The zero-order valence-corrected chi connectivity index (χ0v) is 12.9. The Hall–Kier alpha value is -1.86. The number of ether oxygens (including phenoxy) is 2. The number of piperidine rings is 1. The lowest BCUT2D eigenvalue weighted by molar-refractivity contribution is -0.385. The molecule has 0 aliphatic carbocycles. The lowest BCUT2D eigenvalue weighted by Gasteiger charge is -2.34. The van der Waals surface area contributed by atoms with Crippen LogP contribution in [0.1, 0.15) is 24.8 Å². The highest BCUT2D eigenvalue weighted by molar-refractivity contribution is 5.54. The van der Waals surface area contributed by atoms with Crippen molar-refractivity contribution in [2.24, 2.45) is 0 Å². The molecule has 1 N–H and O–H groups in total. The van der Waals surface area contributed by atoms with Gasteiger partial charge in [-0.2, -0.15) is 0 Å². The first kappa shape index (κ1) is 16.5.